The molecular weight excluding hydrogens is 665 g/mol. The Morgan fingerprint density at radius 1 is 0.333 bits per heavy atom. The number of Topliss-reactive ketones (excluding diaryl/α,β-unsaturated/α-hetero) is 2. The second-order valence-corrected chi connectivity index (χ2v) is 15.2. The molecule has 0 spiro atoms. The molecule has 256 valence electrons. The van der Waals surface area contributed by atoms with Gasteiger partial charge in [-0.3, -0.25) is 9.59 Å². The normalized spacial score (nSPS) is 21.9. The smallest absolute Gasteiger partial charge is 0.165 e. The van der Waals surface area contributed by atoms with E-state index in [1.165, 1.54) is 0 Å². The molecule has 13 rings (SSSR count). The summed E-state index contributed by atoms with van der Waals surface area (Å²) in [4.78, 5) is 32.6. The molecule has 2 bridgehead atoms. The van der Waals surface area contributed by atoms with E-state index in [4.69, 9.17) is 9.47 Å². The Labute approximate surface area is 312 Å². The fourth-order valence-electron chi connectivity index (χ4n) is 10.7. The van der Waals surface area contributed by atoms with Gasteiger partial charge in [0.25, 0.3) is 0 Å². The Hall–Kier alpha value is -6.52. The van der Waals surface area contributed by atoms with Gasteiger partial charge in [-0.15, -0.1) is 0 Å². The van der Waals surface area contributed by atoms with Crippen LogP contribution >= 0.6 is 0 Å². The van der Waals surface area contributed by atoms with Crippen LogP contribution in [-0.2, 0) is 9.59 Å². The molecule has 4 aliphatic carbocycles. The summed E-state index contributed by atoms with van der Waals surface area (Å²) < 4.78 is 13.0. The van der Waals surface area contributed by atoms with Crippen molar-refractivity contribution in [3.05, 3.63) is 213 Å². The second kappa shape index (κ2) is 11.0. The first-order valence-electron chi connectivity index (χ1n) is 18.8. The molecule has 2 heterocycles. The molecule has 0 N–H and O–H groups in total. The van der Waals surface area contributed by atoms with Crippen molar-refractivity contribution in [2.45, 2.75) is 23.7 Å². The van der Waals surface area contributed by atoms with E-state index in [0.717, 1.165) is 78.3 Å². The molecular formula is C50H32O4. The molecule has 0 aromatic heterocycles. The number of ether oxygens (including phenoxy) is 2. The summed E-state index contributed by atoms with van der Waals surface area (Å²) in [5.74, 6) is 0.0167. The molecule has 0 saturated carbocycles. The largest absolute Gasteiger partial charge is 0.457 e. The van der Waals surface area contributed by atoms with Crippen molar-refractivity contribution in [3.8, 4) is 23.0 Å². The summed E-state index contributed by atoms with van der Waals surface area (Å²) in [6.45, 7) is 0. The lowest BCUT2D eigenvalue weighted by Crippen LogP contribution is -2.49. The van der Waals surface area contributed by atoms with E-state index in [1.54, 1.807) is 0 Å². The van der Waals surface area contributed by atoms with Crippen LogP contribution in [-0.4, -0.2) is 11.6 Å². The van der Waals surface area contributed by atoms with E-state index in [-0.39, 0.29) is 23.4 Å². The van der Waals surface area contributed by atoms with Crippen LogP contribution < -0.4 is 9.47 Å². The van der Waals surface area contributed by atoms with Gasteiger partial charge in [0.2, 0.25) is 0 Å². The molecule has 2 aliphatic heterocycles. The number of hydrogen-bond donors (Lipinski definition) is 0. The maximum Gasteiger partial charge on any atom is 0.165 e. The Balaban J connectivity index is 1.17. The van der Waals surface area contributed by atoms with E-state index >= 15 is 9.59 Å². The number of hydrogen-bond acceptors (Lipinski definition) is 4. The number of benzene rings is 7. The van der Waals surface area contributed by atoms with E-state index < -0.39 is 23.7 Å². The fourth-order valence-corrected chi connectivity index (χ4v) is 10.7. The lowest BCUT2D eigenvalue weighted by molar-refractivity contribution is -0.132. The minimum Gasteiger partial charge on any atom is -0.457 e. The molecule has 7 aromatic carbocycles. The summed E-state index contributed by atoms with van der Waals surface area (Å²) in [5.41, 5.74) is 9.55. The van der Waals surface area contributed by atoms with Crippen molar-refractivity contribution < 1.29 is 19.1 Å². The highest BCUT2D eigenvalue weighted by atomic mass is 16.5. The van der Waals surface area contributed by atoms with Crippen LogP contribution in [0.3, 0.4) is 0 Å². The summed E-state index contributed by atoms with van der Waals surface area (Å²) in [6, 6.07) is 53.5. The lowest BCUT2D eigenvalue weighted by atomic mass is 9.51. The number of carbonyl (C=O) groups is 2. The lowest BCUT2D eigenvalue weighted by Gasteiger charge is -2.50. The van der Waals surface area contributed by atoms with Crippen LogP contribution in [0.2, 0.25) is 0 Å². The van der Waals surface area contributed by atoms with Crippen molar-refractivity contribution >= 4 is 22.3 Å². The standard InChI is InChI=1S/C50H32O4/c51-49-45-41-29-15-3-4-16-30(29)42(36-26-28-14-2-1-13-27(28)25-35(36)41)46(45)50(52)48(44-33-19-7-11-23-39(33)54-40-24-12-8-20-34(40)44)47(49)43-31-17-5-9-21-37(31)53-38-22-10-6-18-32(38)43/h1-26,41-44,47-48H. The van der Waals surface area contributed by atoms with Gasteiger partial charge in [-0.2, -0.15) is 0 Å². The average Bonchev–Trinajstić information content (AvgIpc) is 3.22. The topological polar surface area (TPSA) is 52.6 Å². The van der Waals surface area contributed by atoms with Crippen molar-refractivity contribution in [1.82, 2.24) is 0 Å². The van der Waals surface area contributed by atoms with Gasteiger partial charge in [-0.05, 0) is 69.4 Å². The van der Waals surface area contributed by atoms with Crippen molar-refractivity contribution in [3.63, 3.8) is 0 Å². The Morgan fingerprint density at radius 2 is 0.630 bits per heavy atom. The second-order valence-electron chi connectivity index (χ2n) is 15.2. The first-order chi connectivity index (χ1) is 26.7. The Bertz CT molecular complexity index is 2550. The monoisotopic (exact) mass is 696 g/mol. The first-order valence-corrected chi connectivity index (χ1v) is 18.8. The highest BCUT2D eigenvalue weighted by Gasteiger charge is 2.59. The number of ketones is 2. The van der Waals surface area contributed by atoms with Gasteiger partial charge in [0.15, 0.2) is 11.6 Å². The molecule has 4 unspecified atom stereocenters. The van der Waals surface area contributed by atoms with E-state index in [2.05, 4.69) is 84.9 Å². The number of para-hydroxylation sites is 4. The van der Waals surface area contributed by atoms with Crippen LogP contribution in [0, 0.1) is 11.8 Å². The molecule has 54 heavy (non-hydrogen) atoms. The predicted molar refractivity (Wildman–Crippen MR) is 208 cm³/mol. The highest BCUT2D eigenvalue weighted by molar-refractivity contribution is 6.19. The molecule has 7 aromatic rings. The molecule has 0 radical (unpaired) electrons. The maximum absolute atomic E-state index is 16.3. The van der Waals surface area contributed by atoms with Crippen LogP contribution in [0.25, 0.3) is 10.8 Å². The van der Waals surface area contributed by atoms with Gasteiger partial charge in [0, 0.05) is 68.9 Å². The molecule has 0 amide bonds. The van der Waals surface area contributed by atoms with E-state index in [9.17, 15) is 0 Å². The van der Waals surface area contributed by atoms with Crippen LogP contribution in [0.15, 0.2) is 169 Å². The number of fused-ring (bicyclic) bond motifs is 5. The zero-order valence-electron chi connectivity index (χ0n) is 29.1. The molecule has 0 saturated heterocycles. The van der Waals surface area contributed by atoms with Crippen LogP contribution in [0.5, 0.6) is 23.0 Å². The summed E-state index contributed by atoms with van der Waals surface area (Å²) in [7, 11) is 0. The summed E-state index contributed by atoms with van der Waals surface area (Å²) in [6.07, 6.45) is 0. The van der Waals surface area contributed by atoms with E-state index in [0.29, 0.717) is 11.1 Å². The zero-order chi connectivity index (χ0) is 35.7. The Morgan fingerprint density at radius 3 is 0.981 bits per heavy atom. The molecule has 0 fully saturated rings. The third-order valence-corrected chi connectivity index (χ3v) is 12.8. The molecule has 4 nitrogen and oxygen atoms in total. The van der Waals surface area contributed by atoms with Gasteiger partial charge < -0.3 is 9.47 Å². The van der Waals surface area contributed by atoms with Gasteiger partial charge in [0.1, 0.15) is 23.0 Å². The third-order valence-electron chi connectivity index (χ3n) is 12.8. The molecule has 6 aliphatic rings. The Kier molecular flexibility index (Phi) is 6.11. The van der Waals surface area contributed by atoms with Crippen molar-refractivity contribution in [1.29, 1.82) is 0 Å². The van der Waals surface area contributed by atoms with Crippen molar-refractivity contribution in [2.24, 2.45) is 11.8 Å². The average molecular weight is 697 g/mol. The summed E-state index contributed by atoms with van der Waals surface area (Å²) >= 11 is 0. The molecule has 4 heteroatoms. The van der Waals surface area contributed by atoms with E-state index in [1.807, 2.05) is 72.8 Å². The quantitative estimate of drug-likeness (QED) is 0.181. The SMILES string of the molecule is O=C1C2=C(C(=O)C(C3c4ccccc4Oc4ccccc43)C1C1c3ccccc3Oc3ccccc31)C1c3ccccc3C2c2cc3ccccc3cc21. The predicted octanol–water partition coefficient (Wildman–Crippen LogP) is 11.0. The fraction of sp³-hybridized carbons (Fsp3) is 0.120. The number of allylic oxidation sites excluding steroid dienone is 2. The maximum atomic E-state index is 16.3. The third kappa shape index (κ3) is 3.92. The minimum atomic E-state index is -0.720. The van der Waals surface area contributed by atoms with Gasteiger partial charge >= 0.3 is 0 Å². The number of carbonyl (C=O) groups excluding carboxylic acids is 2. The number of rotatable bonds is 2. The van der Waals surface area contributed by atoms with Gasteiger partial charge in [0.05, 0.1) is 0 Å². The zero-order valence-corrected chi connectivity index (χ0v) is 29.1. The van der Waals surface area contributed by atoms with Crippen LogP contribution in [0.1, 0.15) is 68.2 Å². The van der Waals surface area contributed by atoms with Crippen molar-refractivity contribution in [2.75, 3.05) is 0 Å². The summed E-state index contributed by atoms with van der Waals surface area (Å²) in [5, 5.41) is 2.27. The van der Waals surface area contributed by atoms with Gasteiger partial charge in [-0.25, -0.2) is 0 Å². The minimum absolute atomic E-state index is 0.0517. The highest BCUT2D eigenvalue weighted by Crippen LogP contribution is 2.64. The molecule has 4 atom stereocenters. The first kappa shape index (κ1) is 30.0. The van der Waals surface area contributed by atoms with Crippen LogP contribution in [0.4, 0.5) is 0 Å². The van der Waals surface area contributed by atoms with Gasteiger partial charge in [-0.1, -0.05) is 121 Å².